The van der Waals surface area contributed by atoms with Crippen molar-refractivity contribution < 1.29 is 19.5 Å². The van der Waals surface area contributed by atoms with E-state index in [1.165, 1.54) is 0 Å². The molecule has 1 aromatic carbocycles. The highest BCUT2D eigenvalue weighted by atomic mass is 16.3. The first-order valence-electron chi connectivity index (χ1n) is 8.52. The summed E-state index contributed by atoms with van der Waals surface area (Å²) < 4.78 is 0. The third kappa shape index (κ3) is 2.58. The fourth-order valence-corrected chi connectivity index (χ4v) is 3.80. The van der Waals surface area contributed by atoms with Crippen LogP contribution in [0.2, 0.25) is 0 Å². The number of hydrogen-bond donors (Lipinski definition) is 3. The Morgan fingerprint density at radius 3 is 2.56 bits per heavy atom. The molecule has 2 atom stereocenters. The SMILES string of the molecule is O=C1CCC(N2C(=O)c3cccc(N4CCNCC4)c3C2=O)C(O)N1. The van der Waals surface area contributed by atoms with Crippen molar-refractivity contribution in [2.75, 3.05) is 31.1 Å². The number of benzene rings is 1. The highest BCUT2D eigenvalue weighted by Gasteiger charge is 2.45. The standard InChI is InChI=1S/C17H20N4O4/c22-13-5-4-12(15(23)19-13)21-16(24)10-2-1-3-11(14(10)17(21)25)20-8-6-18-7-9-20/h1-3,12,15,18,23H,4-9H2,(H,19,22). The maximum absolute atomic E-state index is 13.0. The van der Waals surface area contributed by atoms with Gasteiger partial charge in [0.25, 0.3) is 11.8 Å². The lowest BCUT2D eigenvalue weighted by Crippen LogP contribution is -2.57. The van der Waals surface area contributed by atoms with E-state index in [4.69, 9.17) is 0 Å². The third-order valence-corrected chi connectivity index (χ3v) is 5.05. The molecule has 25 heavy (non-hydrogen) atoms. The maximum atomic E-state index is 13.0. The Kier molecular flexibility index (Phi) is 3.93. The van der Waals surface area contributed by atoms with Gasteiger partial charge in [-0.3, -0.25) is 19.3 Å². The lowest BCUT2D eigenvalue weighted by molar-refractivity contribution is -0.129. The number of anilines is 1. The van der Waals surface area contributed by atoms with Gasteiger partial charge in [-0.1, -0.05) is 6.07 Å². The number of imide groups is 1. The number of hydrogen-bond acceptors (Lipinski definition) is 6. The summed E-state index contributed by atoms with van der Waals surface area (Å²) in [6.07, 6.45) is -0.785. The van der Waals surface area contributed by atoms with Crippen LogP contribution >= 0.6 is 0 Å². The van der Waals surface area contributed by atoms with Crippen molar-refractivity contribution in [3.05, 3.63) is 29.3 Å². The number of piperidine rings is 1. The first-order valence-corrected chi connectivity index (χ1v) is 8.52. The fraction of sp³-hybridized carbons (Fsp3) is 0.471. The largest absolute Gasteiger partial charge is 0.372 e. The minimum atomic E-state index is -1.23. The highest BCUT2D eigenvalue weighted by Crippen LogP contribution is 2.34. The zero-order valence-electron chi connectivity index (χ0n) is 13.7. The van der Waals surface area contributed by atoms with E-state index in [0.29, 0.717) is 11.1 Å². The van der Waals surface area contributed by atoms with E-state index >= 15 is 0 Å². The molecule has 0 saturated carbocycles. The van der Waals surface area contributed by atoms with Crippen LogP contribution in [0.5, 0.6) is 0 Å². The van der Waals surface area contributed by atoms with Gasteiger partial charge in [0.05, 0.1) is 22.9 Å². The summed E-state index contributed by atoms with van der Waals surface area (Å²) in [5.41, 5.74) is 1.53. The molecule has 0 bridgehead atoms. The van der Waals surface area contributed by atoms with Crippen molar-refractivity contribution in [1.29, 1.82) is 0 Å². The highest BCUT2D eigenvalue weighted by molar-refractivity contribution is 6.24. The van der Waals surface area contributed by atoms with E-state index in [0.717, 1.165) is 36.8 Å². The quantitative estimate of drug-likeness (QED) is 0.613. The molecule has 2 saturated heterocycles. The van der Waals surface area contributed by atoms with E-state index in [-0.39, 0.29) is 18.7 Å². The van der Waals surface area contributed by atoms with Crippen LogP contribution in [-0.2, 0) is 4.79 Å². The van der Waals surface area contributed by atoms with Crippen molar-refractivity contribution in [2.24, 2.45) is 0 Å². The van der Waals surface area contributed by atoms with Crippen LogP contribution in [-0.4, -0.2) is 66.2 Å². The smallest absolute Gasteiger partial charge is 0.264 e. The number of aliphatic hydroxyl groups is 1. The number of rotatable bonds is 2. The van der Waals surface area contributed by atoms with Crippen molar-refractivity contribution in [3.63, 3.8) is 0 Å². The van der Waals surface area contributed by atoms with E-state index in [2.05, 4.69) is 15.5 Å². The molecular weight excluding hydrogens is 324 g/mol. The molecule has 3 aliphatic rings. The summed E-state index contributed by atoms with van der Waals surface area (Å²) in [5, 5.41) is 15.8. The molecule has 4 rings (SSSR count). The van der Waals surface area contributed by atoms with Crippen LogP contribution < -0.4 is 15.5 Å². The van der Waals surface area contributed by atoms with Gasteiger partial charge in [-0.2, -0.15) is 0 Å². The summed E-state index contributed by atoms with van der Waals surface area (Å²) in [7, 11) is 0. The van der Waals surface area contributed by atoms with E-state index in [1.807, 2.05) is 6.07 Å². The van der Waals surface area contributed by atoms with Crippen LogP contribution in [0, 0.1) is 0 Å². The van der Waals surface area contributed by atoms with Gasteiger partial charge in [0.1, 0.15) is 6.23 Å². The first kappa shape index (κ1) is 16.0. The second-order valence-electron chi connectivity index (χ2n) is 6.54. The average Bonchev–Trinajstić information content (AvgIpc) is 2.87. The predicted molar refractivity (Wildman–Crippen MR) is 89.2 cm³/mol. The number of piperazine rings is 1. The molecule has 2 fully saturated rings. The van der Waals surface area contributed by atoms with Gasteiger partial charge in [0.15, 0.2) is 0 Å². The molecule has 8 heteroatoms. The second-order valence-corrected chi connectivity index (χ2v) is 6.54. The number of carbonyl (C=O) groups is 3. The molecular formula is C17H20N4O4. The number of nitrogens with one attached hydrogen (secondary N) is 2. The molecule has 8 nitrogen and oxygen atoms in total. The summed E-state index contributed by atoms with van der Waals surface area (Å²) in [4.78, 5) is 40.5. The number of amides is 3. The lowest BCUT2D eigenvalue weighted by Gasteiger charge is -2.34. The van der Waals surface area contributed by atoms with E-state index < -0.39 is 24.1 Å². The minimum Gasteiger partial charge on any atom is -0.372 e. The summed E-state index contributed by atoms with van der Waals surface area (Å²) in [5.74, 6) is -1.08. The normalized spacial score (nSPS) is 26.7. The van der Waals surface area contributed by atoms with Crippen LogP contribution in [0.1, 0.15) is 33.6 Å². The van der Waals surface area contributed by atoms with Crippen LogP contribution in [0.25, 0.3) is 0 Å². The van der Waals surface area contributed by atoms with Gasteiger partial charge in [-0.15, -0.1) is 0 Å². The molecule has 1 aromatic rings. The molecule has 132 valence electrons. The molecule has 3 heterocycles. The molecule has 3 amide bonds. The van der Waals surface area contributed by atoms with Crippen LogP contribution in [0.3, 0.4) is 0 Å². The number of carbonyl (C=O) groups excluding carboxylic acids is 3. The van der Waals surface area contributed by atoms with Gasteiger partial charge < -0.3 is 20.6 Å². The summed E-state index contributed by atoms with van der Waals surface area (Å²) in [6, 6.07) is 4.55. The molecule has 0 aromatic heterocycles. The summed E-state index contributed by atoms with van der Waals surface area (Å²) in [6.45, 7) is 3.17. The van der Waals surface area contributed by atoms with E-state index in [1.54, 1.807) is 12.1 Å². The van der Waals surface area contributed by atoms with Gasteiger partial charge in [0.2, 0.25) is 5.91 Å². The van der Waals surface area contributed by atoms with Crippen LogP contribution in [0.4, 0.5) is 5.69 Å². The molecule has 0 radical (unpaired) electrons. The third-order valence-electron chi connectivity index (χ3n) is 5.05. The molecule has 0 spiro atoms. The fourth-order valence-electron chi connectivity index (χ4n) is 3.80. The average molecular weight is 344 g/mol. The second kappa shape index (κ2) is 6.12. The Morgan fingerprint density at radius 1 is 1.08 bits per heavy atom. The zero-order valence-corrected chi connectivity index (χ0v) is 13.7. The molecule has 0 aliphatic carbocycles. The van der Waals surface area contributed by atoms with Crippen molar-refractivity contribution in [1.82, 2.24) is 15.5 Å². The van der Waals surface area contributed by atoms with Crippen molar-refractivity contribution >= 4 is 23.4 Å². The maximum Gasteiger partial charge on any atom is 0.264 e. The Balaban J connectivity index is 1.69. The lowest BCUT2D eigenvalue weighted by atomic mass is 10.0. The number of nitrogens with zero attached hydrogens (tertiary/aromatic N) is 2. The van der Waals surface area contributed by atoms with E-state index in [9.17, 15) is 19.5 Å². The Bertz CT molecular complexity index is 744. The minimum absolute atomic E-state index is 0.180. The Hall–Kier alpha value is -2.45. The van der Waals surface area contributed by atoms with Gasteiger partial charge in [-0.25, -0.2) is 0 Å². The van der Waals surface area contributed by atoms with Gasteiger partial charge >= 0.3 is 0 Å². The zero-order chi connectivity index (χ0) is 17.6. The molecule has 3 aliphatic heterocycles. The van der Waals surface area contributed by atoms with Crippen molar-refractivity contribution in [3.8, 4) is 0 Å². The number of fused-ring (bicyclic) bond motifs is 1. The monoisotopic (exact) mass is 344 g/mol. The number of aliphatic hydroxyl groups excluding tert-OH is 1. The molecule has 2 unspecified atom stereocenters. The molecule has 3 N–H and O–H groups in total. The Morgan fingerprint density at radius 2 is 1.84 bits per heavy atom. The predicted octanol–water partition coefficient (Wildman–Crippen LogP) is -0.711. The van der Waals surface area contributed by atoms with Gasteiger partial charge in [-0.05, 0) is 18.6 Å². The van der Waals surface area contributed by atoms with Crippen LogP contribution in [0.15, 0.2) is 18.2 Å². The van der Waals surface area contributed by atoms with Crippen molar-refractivity contribution in [2.45, 2.75) is 25.1 Å². The summed E-state index contributed by atoms with van der Waals surface area (Å²) >= 11 is 0. The first-order chi connectivity index (χ1) is 12.1. The topological polar surface area (TPSA) is 102 Å². The van der Waals surface area contributed by atoms with Gasteiger partial charge in [0, 0.05) is 32.6 Å². The Labute approximate surface area is 144 Å².